The van der Waals surface area contributed by atoms with Gasteiger partial charge in [0.05, 0.1) is 17.1 Å². The van der Waals surface area contributed by atoms with E-state index in [0.717, 1.165) is 22.5 Å². The molecule has 0 aliphatic rings. The van der Waals surface area contributed by atoms with E-state index in [1.54, 1.807) is 42.8 Å². The number of benzene rings is 1. The summed E-state index contributed by atoms with van der Waals surface area (Å²) in [7, 11) is -3.50. The predicted molar refractivity (Wildman–Crippen MR) is 105 cm³/mol. The summed E-state index contributed by atoms with van der Waals surface area (Å²) in [6.45, 7) is 7.55. The number of nitrogens with zero attached hydrogens (tertiary/aromatic N) is 2. The SMILES string of the molecule is Cc1nn(C/C(F)=C/CN)c(C)c1Cc1ccc(S(=O)(=O)NC(C)C)cc1. The van der Waals surface area contributed by atoms with Gasteiger partial charge in [0.2, 0.25) is 10.0 Å². The Hall–Kier alpha value is -2.03. The van der Waals surface area contributed by atoms with E-state index >= 15 is 0 Å². The minimum atomic E-state index is -3.50. The first-order chi connectivity index (χ1) is 12.6. The lowest BCUT2D eigenvalue weighted by atomic mass is 10.0. The smallest absolute Gasteiger partial charge is 0.240 e. The summed E-state index contributed by atoms with van der Waals surface area (Å²) in [6, 6.07) is 6.61. The molecule has 1 heterocycles. The summed E-state index contributed by atoms with van der Waals surface area (Å²) >= 11 is 0. The number of allylic oxidation sites excluding steroid dienone is 1. The van der Waals surface area contributed by atoms with Gasteiger partial charge in [-0.3, -0.25) is 4.68 Å². The summed E-state index contributed by atoms with van der Waals surface area (Å²) in [4.78, 5) is 0.234. The van der Waals surface area contributed by atoms with Crippen molar-refractivity contribution in [2.24, 2.45) is 5.73 Å². The first-order valence-corrected chi connectivity index (χ1v) is 10.3. The van der Waals surface area contributed by atoms with Crippen LogP contribution >= 0.6 is 0 Å². The molecule has 0 unspecified atom stereocenters. The van der Waals surface area contributed by atoms with Crippen molar-refractivity contribution in [1.82, 2.24) is 14.5 Å². The molecule has 3 N–H and O–H groups in total. The summed E-state index contributed by atoms with van der Waals surface area (Å²) in [5.41, 5.74) is 9.01. The third kappa shape index (κ3) is 5.47. The molecule has 0 spiro atoms. The van der Waals surface area contributed by atoms with Crippen LogP contribution < -0.4 is 10.5 Å². The molecule has 0 saturated carbocycles. The van der Waals surface area contributed by atoms with E-state index in [-0.39, 0.29) is 29.9 Å². The zero-order valence-electron chi connectivity index (χ0n) is 16.2. The van der Waals surface area contributed by atoms with E-state index in [1.807, 2.05) is 13.8 Å². The van der Waals surface area contributed by atoms with Gasteiger partial charge < -0.3 is 5.73 Å². The van der Waals surface area contributed by atoms with Gasteiger partial charge in [-0.25, -0.2) is 17.5 Å². The third-order valence-electron chi connectivity index (χ3n) is 4.18. The minimum Gasteiger partial charge on any atom is -0.327 e. The Morgan fingerprint density at radius 3 is 2.48 bits per heavy atom. The minimum absolute atomic E-state index is 0.0575. The molecule has 0 radical (unpaired) electrons. The highest BCUT2D eigenvalue weighted by Gasteiger charge is 2.16. The van der Waals surface area contributed by atoms with Gasteiger partial charge in [0.25, 0.3) is 0 Å². The number of sulfonamides is 1. The zero-order chi connectivity index (χ0) is 20.2. The van der Waals surface area contributed by atoms with E-state index in [2.05, 4.69) is 9.82 Å². The van der Waals surface area contributed by atoms with Crippen molar-refractivity contribution in [1.29, 1.82) is 0 Å². The molecule has 6 nitrogen and oxygen atoms in total. The quantitative estimate of drug-likeness (QED) is 0.720. The highest BCUT2D eigenvalue weighted by atomic mass is 32.2. The van der Waals surface area contributed by atoms with Gasteiger partial charge in [-0.2, -0.15) is 5.10 Å². The first-order valence-electron chi connectivity index (χ1n) is 8.82. The third-order valence-corrected chi connectivity index (χ3v) is 5.85. The Balaban J connectivity index is 2.21. The van der Waals surface area contributed by atoms with Crippen LogP contribution in [0.3, 0.4) is 0 Å². The Morgan fingerprint density at radius 1 is 1.30 bits per heavy atom. The number of nitrogens with two attached hydrogens (primary N) is 1. The molecular formula is C19H27FN4O2S. The summed E-state index contributed by atoms with van der Waals surface area (Å²) in [5, 5.41) is 4.41. The molecule has 0 atom stereocenters. The van der Waals surface area contributed by atoms with Crippen molar-refractivity contribution in [3.05, 3.63) is 58.7 Å². The van der Waals surface area contributed by atoms with Crippen LogP contribution in [0.15, 0.2) is 41.1 Å². The van der Waals surface area contributed by atoms with Crippen molar-refractivity contribution < 1.29 is 12.8 Å². The predicted octanol–water partition coefficient (Wildman–Crippen LogP) is 2.59. The number of hydrogen-bond acceptors (Lipinski definition) is 4. The van der Waals surface area contributed by atoms with Gasteiger partial charge in [-0.1, -0.05) is 12.1 Å². The monoisotopic (exact) mass is 394 g/mol. The molecule has 0 fully saturated rings. The Morgan fingerprint density at radius 2 is 1.93 bits per heavy atom. The standard InChI is InChI=1S/C19H27FN4O2S/c1-13(2)23-27(25,26)18-7-5-16(6-8-18)11-19-14(3)22-24(15(19)4)12-17(20)9-10-21/h5-9,13,23H,10-12,21H2,1-4H3/b17-9-. The normalized spacial score (nSPS) is 12.8. The van der Waals surface area contributed by atoms with Gasteiger partial charge in [-0.05, 0) is 51.5 Å². The van der Waals surface area contributed by atoms with Crippen LogP contribution in [0, 0.1) is 13.8 Å². The second-order valence-corrected chi connectivity index (χ2v) is 8.50. The fraction of sp³-hybridized carbons (Fsp3) is 0.421. The fourth-order valence-corrected chi connectivity index (χ4v) is 4.10. The van der Waals surface area contributed by atoms with Gasteiger partial charge in [0, 0.05) is 30.3 Å². The van der Waals surface area contributed by atoms with Gasteiger partial charge in [-0.15, -0.1) is 0 Å². The largest absolute Gasteiger partial charge is 0.327 e. The molecule has 0 amide bonds. The van der Waals surface area contributed by atoms with Crippen molar-refractivity contribution in [2.45, 2.75) is 51.6 Å². The molecule has 0 bridgehead atoms. The van der Waals surface area contributed by atoms with Crippen molar-refractivity contribution >= 4 is 10.0 Å². The number of hydrogen-bond donors (Lipinski definition) is 2. The van der Waals surface area contributed by atoms with Crippen LogP contribution in [0.2, 0.25) is 0 Å². The summed E-state index contributed by atoms with van der Waals surface area (Å²) < 4.78 is 42.3. The summed E-state index contributed by atoms with van der Waals surface area (Å²) in [5.74, 6) is -0.318. The average Bonchev–Trinajstić information content (AvgIpc) is 2.82. The number of nitrogens with one attached hydrogen (secondary N) is 1. The van der Waals surface area contributed by atoms with Crippen molar-refractivity contribution in [3.63, 3.8) is 0 Å². The molecular weight excluding hydrogens is 367 g/mol. The van der Waals surface area contributed by atoms with E-state index in [0.29, 0.717) is 6.42 Å². The number of rotatable bonds is 8. The molecule has 0 saturated heterocycles. The second kappa shape index (κ2) is 8.77. The fourth-order valence-electron chi connectivity index (χ4n) is 2.85. The van der Waals surface area contributed by atoms with Crippen LogP contribution in [0.4, 0.5) is 4.39 Å². The lowest BCUT2D eigenvalue weighted by Gasteiger charge is -2.10. The maximum absolute atomic E-state index is 13.7. The van der Waals surface area contributed by atoms with Gasteiger partial charge >= 0.3 is 0 Å². The van der Waals surface area contributed by atoms with E-state index in [4.69, 9.17) is 5.73 Å². The van der Waals surface area contributed by atoms with E-state index in [9.17, 15) is 12.8 Å². The van der Waals surface area contributed by atoms with Crippen LogP contribution in [0.1, 0.15) is 36.4 Å². The summed E-state index contributed by atoms with van der Waals surface area (Å²) in [6.07, 6.45) is 1.93. The Labute approximate surface area is 160 Å². The number of aryl methyl sites for hydroxylation is 1. The highest BCUT2D eigenvalue weighted by Crippen LogP contribution is 2.20. The first kappa shape index (κ1) is 21.3. The molecule has 8 heteroatoms. The van der Waals surface area contributed by atoms with Crippen LogP contribution in [0.5, 0.6) is 0 Å². The zero-order valence-corrected chi connectivity index (χ0v) is 17.0. The van der Waals surface area contributed by atoms with Crippen molar-refractivity contribution in [2.75, 3.05) is 6.54 Å². The second-order valence-electron chi connectivity index (χ2n) is 6.79. The van der Waals surface area contributed by atoms with Gasteiger partial charge in [0.15, 0.2) is 0 Å². The molecule has 1 aromatic carbocycles. The molecule has 0 aliphatic heterocycles. The number of aromatic nitrogens is 2. The lowest BCUT2D eigenvalue weighted by molar-refractivity contribution is 0.517. The van der Waals surface area contributed by atoms with E-state index < -0.39 is 10.0 Å². The molecule has 27 heavy (non-hydrogen) atoms. The van der Waals surface area contributed by atoms with Crippen LogP contribution in [-0.2, 0) is 23.0 Å². The number of halogens is 1. The maximum Gasteiger partial charge on any atom is 0.240 e. The Kier molecular flexibility index (Phi) is 6.91. The molecule has 0 aliphatic carbocycles. The topological polar surface area (TPSA) is 90.0 Å². The van der Waals surface area contributed by atoms with Crippen LogP contribution in [0.25, 0.3) is 0 Å². The maximum atomic E-state index is 13.7. The molecule has 2 rings (SSSR count). The average molecular weight is 395 g/mol. The highest BCUT2D eigenvalue weighted by molar-refractivity contribution is 7.89. The lowest BCUT2D eigenvalue weighted by Crippen LogP contribution is -2.30. The van der Waals surface area contributed by atoms with E-state index in [1.165, 1.54) is 6.08 Å². The molecule has 2 aromatic rings. The molecule has 1 aromatic heterocycles. The Bertz CT molecular complexity index is 916. The van der Waals surface area contributed by atoms with Crippen LogP contribution in [-0.4, -0.2) is 30.8 Å². The van der Waals surface area contributed by atoms with Gasteiger partial charge in [0.1, 0.15) is 5.83 Å². The molecule has 148 valence electrons. The van der Waals surface area contributed by atoms with Crippen molar-refractivity contribution in [3.8, 4) is 0 Å².